The molecule has 0 bridgehead atoms. The van der Waals surface area contributed by atoms with Crippen LogP contribution in [0.5, 0.6) is 11.5 Å². The molecule has 2 heterocycles. The highest BCUT2D eigenvalue weighted by atomic mass is 16.5. The summed E-state index contributed by atoms with van der Waals surface area (Å²) in [5.74, 6) is 0.695. The molecule has 0 aromatic heterocycles. The second-order valence-corrected chi connectivity index (χ2v) is 17.5. The first-order valence-electron chi connectivity index (χ1n) is 21.3. The fourth-order valence-corrected chi connectivity index (χ4v) is 10.4. The molecule has 1 unspecified atom stereocenters. The van der Waals surface area contributed by atoms with Gasteiger partial charge in [-0.05, 0) is 123 Å². The van der Waals surface area contributed by atoms with Gasteiger partial charge in [-0.25, -0.2) is 0 Å². The van der Waals surface area contributed by atoms with Crippen molar-refractivity contribution in [3.8, 4) is 11.5 Å². The van der Waals surface area contributed by atoms with Crippen LogP contribution in [0.2, 0.25) is 0 Å². The van der Waals surface area contributed by atoms with E-state index in [0.29, 0.717) is 35.4 Å². The molecule has 300 valence electrons. The van der Waals surface area contributed by atoms with E-state index in [2.05, 4.69) is 84.3 Å². The van der Waals surface area contributed by atoms with E-state index in [1.54, 1.807) is 18.2 Å². The number of piperidine rings is 1. The van der Waals surface area contributed by atoms with Crippen molar-refractivity contribution in [3.63, 3.8) is 0 Å². The van der Waals surface area contributed by atoms with Crippen molar-refractivity contribution in [1.29, 1.82) is 0 Å². The topological polar surface area (TPSA) is 107 Å². The number of anilines is 1. The normalized spacial score (nSPS) is 24.9. The number of phenolic OH excluding ortho intramolecular Hbond substituents is 1. The molecule has 2 aliphatic heterocycles. The molecule has 0 spiro atoms. The summed E-state index contributed by atoms with van der Waals surface area (Å²) in [6.07, 6.45) is 6.32. The highest BCUT2D eigenvalue weighted by molar-refractivity contribution is 6.23. The van der Waals surface area contributed by atoms with Gasteiger partial charge in [0.25, 0.3) is 11.8 Å². The lowest BCUT2D eigenvalue weighted by atomic mass is 9.69. The maximum atomic E-state index is 13.3. The van der Waals surface area contributed by atoms with E-state index in [4.69, 9.17) is 4.74 Å². The number of imide groups is 1. The molecule has 0 radical (unpaired) electrons. The molecule has 3 atom stereocenters. The number of Topliss-reactive ketones (excluding diaryl/α,β-unsaturated/α-hetero) is 2. The Bertz CT molecular complexity index is 2210. The van der Waals surface area contributed by atoms with Gasteiger partial charge in [-0.2, -0.15) is 0 Å². The van der Waals surface area contributed by atoms with Gasteiger partial charge < -0.3 is 14.7 Å². The largest absolute Gasteiger partial charge is 0.508 e. The van der Waals surface area contributed by atoms with Gasteiger partial charge in [0.15, 0.2) is 5.78 Å². The van der Waals surface area contributed by atoms with Gasteiger partial charge in [0.2, 0.25) is 0 Å². The van der Waals surface area contributed by atoms with Crippen molar-refractivity contribution in [2.24, 2.45) is 5.92 Å². The van der Waals surface area contributed by atoms with Gasteiger partial charge in [0.1, 0.15) is 23.4 Å². The minimum atomic E-state index is -0.875. The molecule has 3 aliphatic carbocycles. The Morgan fingerprint density at radius 1 is 0.776 bits per heavy atom. The Labute approximate surface area is 341 Å². The number of amides is 2. The number of fused-ring (bicyclic) bond motifs is 2. The summed E-state index contributed by atoms with van der Waals surface area (Å²) in [4.78, 5) is 57.0. The van der Waals surface area contributed by atoms with Crippen LogP contribution in [-0.4, -0.2) is 82.2 Å². The summed E-state index contributed by atoms with van der Waals surface area (Å²) < 4.78 is 6.35. The van der Waals surface area contributed by atoms with E-state index >= 15 is 0 Å². The number of hydrogen-bond acceptors (Lipinski definition) is 8. The lowest BCUT2D eigenvalue weighted by molar-refractivity contribution is -0.132. The van der Waals surface area contributed by atoms with Crippen molar-refractivity contribution in [3.05, 3.63) is 124 Å². The minimum absolute atomic E-state index is 0.0283. The second kappa shape index (κ2) is 15.8. The zero-order valence-electron chi connectivity index (χ0n) is 33.5. The Morgan fingerprint density at radius 3 is 2.24 bits per heavy atom. The summed E-state index contributed by atoms with van der Waals surface area (Å²) in [6.45, 7) is 7.70. The van der Waals surface area contributed by atoms with E-state index in [1.165, 1.54) is 27.9 Å². The van der Waals surface area contributed by atoms with Crippen molar-refractivity contribution in [2.75, 3.05) is 24.5 Å². The molecule has 4 aromatic carbocycles. The van der Waals surface area contributed by atoms with Crippen molar-refractivity contribution >= 4 is 29.1 Å². The van der Waals surface area contributed by atoms with Crippen LogP contribution in [0.15, 0.2) is 91.0 Å². The fraction of sp³-hybridized carbons (Fsp3) is 0.429. The summed E-state index contributed by atoms with van der Waals surface area (Å²) in [5.41, 5.74) is 7.11. The summed E-state index contributed by atoms with van der Waals surface area (Å²) in [6, 6.07) is 31.1. The van der Waals surface area contributed by atoms with Crippen molar-refractivity contribution in [1.82, 2.24) is 9.80 Å². The molecule has 58 heavy (non-hydrogen) atoms. The van der Waals surface area contributed by atoms with E-state index in [0.717, 1.165) is 63.1 Å². The van der Waals surface area contributed by atoms with Gasteiger partial charge in [-0.3, -0.25) is 29.0 Å². The van der Waals surface area contributed by atoms with Crippen LogP contribution in [0.4, 0.5) is 5.69 Å². The van der Waals surface area contributed by atoms with Gasteiger partial charge in [0, 0.05) is 62.6 Å². The number of hydrogen-bond donors (Lipinski definition) is 1. The third-order valence-corrected chi connectivity index (χ3v) is 13.7. The van der Waals surface area contributed by atoms with E-state index in [1.807, 2.05) is 12.1 Å². The van der Waals surface area contributed by atoms with Crippen LogP contribution < -0.4 is 9.64 Å². The van der Waals surface area contributed by atoms with Crippen LogP contribution >= 0.6 is 0 Å². The first-order valence-corrected chi connectivity index (χ1v) is 21.3. The number of carbonyl (C=O) groups is 4. The van der Waals surface area contributed by atoms with Crippen molar-refractivity contribution < 1.29 is 29.0 Å². The van der Waals surface area contributed by atoms with Crippen molar-refractivity contribution in [2.45, 2.75) is 108 Å². The summed E-state index contributed by atoms with van der Waals surface area (Å²) in [5, 5.41) is 10.2. The quantitative estimate of drug-likeness (QED) is 0.127. The molecule has 4 aromatic rings. The third-order valence-electron chi connectivity index (χ3n) is 13.7. The molecule has 2 saturated carbocycles. The number of benzene rings is 4. The molecule has 5 aliphatic rings. The smallest absolute Gasteiger partial charge is 0.262 e. The Balaban J connectivity index is 0.789. The number of rotatable bonds is 10. The summed E-state index contributed by atoms with van der Waals surface area (Å²) in [7, 11) is 0. The van der Waals surface area contributed by atoms with Crippen LogP contribution in [0.25, 0.3) is 0 Å². The molecular weight excluding hydrogens is 727 g/mol. The predicted molar refractivity (Wildman–Crippen MR) is 223 cm³/mol. The van der Waals surface area contributed by atoms with Crippen LogP contribution in [0, 0.1) is 5.92 Å². The Kier molecular flexibility index (Phi) is 10.4. The van der Waals surface area contributed by atoms with E-state index in [9.17, 15) is 24.3 Å². The third kappa shape index (κ3) is 7.34. The number of ether oxygens (including phenoxy) is 1. The number of ketones is 2. The van der Waals surface area contributed by atoms with E-state index < -0.39 is 17.9 Å². The highest BCUT2D eigenvalue weighted by Crippen LogP contribution is 2.47. The van der Waals surface area contributed by atoms with Gasteiger partial charge in [-0.1, -0.05) is 48.5 Å². The first kappa shape index (κ1) is 38.2. The molecule has 9 rings (SSSR count). The Hall–Kier alpha value is -5.28. The maximum absolute atomic E-state index is 13.3. The average molecular weight is 780 g/mol. The van der Waals surface area contributed by atoms with Crippen LogP contribution in [0.1, 0.15) is 120 Å². The number of phenols is 1. The second-order valence-electron chi connectivity index (χ2n) is 17.5. The lowest BCUT2D eigenvalue weighted by Crippen LogP contribution is -2.53. The molecular formula is C49H53N3O6. The van der Waals surface area contributed by atoms with Gasteiger partial charge in [-0.15, -0.1) is 0 Å². The summed E-state index contributed by atoms with van der Waals surface area (Å²) >= 11 is 0. The molecule has 3 fully saturated rings. The van der Waals surface area contributed by atoms with Gasteiger partial charge >= 0.3 is 0 Å². The zero-order chi connectivity index (χ0) is 40.1. The van der Waals surface area contributed by atoms with Crippen LogP contribution in [0.3, 0.4) is 0 Å². The fourth-order valence-electron chi connectivity index (χ4n) is 10.4. The Morgan fingerprint density at radius 2 is 1.52 bits per heavy atom. The lowest BCUT2D eigenvalue weighted by Gasteiger charge is -2.46. The minimum Gasteiger partial charge on any atom is -0.508 e. The molecule has 1 N–H and O–H groups in total. The van der Waals surface area contributed by atoms with Crippen LogP contribution in [-0.2, 0) is 16.0 Å². The van der Waals surface area contributed by atoms with E-state index in [-0.39, 0.29) is 54.0 Å². The molecule has 2 amide bonds. The molecule has 9 heteroatoms. The number of carbonyl (C=O) groups excluding carboxylic acids is 4. The average Bonchev–Trinajstić information content (AvgIpc) is 3.46. The number of aromatic hydroxyl groups is 1. The van der Waals surface area contributed by atoms with Gasteiger partial charge in [0.05, 0.1) is 23.6 Å². The zero-order valence-corrected chi connectivity index (χ0v) is 33.5. The maximum Gasteiger partial charge on any atom is 0.262 e. The molecule has 1 saturated heterocycles. The number of aryl methyl sites for hydroxylation is 1. The predicted octanol–water partition coefficient (Wildman–Crippen LogP) is 8.08. The SMILES string of the molecule is CC(C)N(CC1CCN(c2ccc([C@@H]3c4ccc(O)cc4CC[C@@H]3c3ccccc3)cc2)CC1)C1CC(Oc2ccc3c(c2)C(=O)N(C2CCC(=O)CC2=O)C3=O)C1. The molecule has 9 nitrogen and oxygen atoms in total. The monoisotopic (exact) mass is 779 g/mol. The first-order chi connectivity index (χ1) is 28.1. The standard InChI is InChI=1S/C49H53N3O6/c1-30(2)51(36-25-40(26-36)58-39-15-18-43-44(28-39)49(57)52(48(43)56)45-19-14-38(54)27-46(45)55)29-31-20-22-50(23-21-31)35-11-8-33(9-12-35)47-41(32-6-4-3-5-7-32)16-10-34-24-37(53)13-17-42(34)47/h3-9,11-13,15,17-18,24,28,30-31,36,40-41,45,47,53H,10,14,16,19-23,25-27,29H2,1-2H3/t36?,40?,41-,45?,47+/m1/s1. The highest BCUT2D eigenvalue weighted by Gasteiger charge is 2.45. The number of nitrogens with zero attached hydrogens (tertiary/aromatic N) is 3.